The minimum absolute atomic E-state index is 0.000862. The Balaban J connectivity index is 1.28. The van der Waals surface area contributed by atoms with E-state index in [0.717, 1.165) is 40.6 Å². The molecule has 70 heavy (non-hydrogen) atoms. The summed E-state index contributed by atoms with van der Waals surface area (Å²) >= 11 is 0. The van der Waals surface area contributed by atoms with E-state index < -0.39 is 69.1 Å². The first-order valence-electron chi connectivity index (χ1n) is 24.2. The summed E-state index contributed by atoms with van der Waals surface area (Å²) < 4.78 is 35.9. The number of aromatic nitrogens is 2. The molecule has 3 N–H and O–H groups in total. The second kappa shape index (κ2) is 24.2. The number of nitrogens with zero attached hydrogens (tertiary/aromatic N) is 5. The number of hydrogen-bond acceptors (Lipinski definition) is 14. The maximum atomic E-state index is 14.4. The Hall–Kier alpha value is -6.02. The van der Waals surface area contributed by atoms with E-state index in [1.165, 1.54) is 0 Å². The first-order valence-corrected chi connectivity index (χ1v) is 27.1. The van der Waals surface area contributed by atoms with Crippen LogP contribution in [0, 0.1) is 5.92 Å². The average Bonchev–Trinajstić information content (AvgIpc) is 3.67. The summed E-state index contributed by atoms with van der Waals surface area (Å²) in [6.45, 7) is 19.8. The molecule has 0 spiro atoms. The van der Waals surface area contributed by atoms with Crippen molar-refractivity contribution in [2.45, 2.75) is 143 Å². The molecule has 0 saturated carbocycles. The SMILES string of the molecule is CCCCCC(NC(=O)COCC(=O)NCCOCCN=[N+]=[N-])C(=O)NC(COC(=O)OC1(CC)C(=O)OCc2c1cc1n(c2=O)Cc2c-1nc1ccc(O[Si](C)(C)C(C)(C)C)cc1c2CC)C(C)C. The second-order valence-corrected chi connectivity index (χ2v) is 24.2. The van der Waals surface area contributed by atoms with Crippen LogP contribution in [0.15, 0.2) is 34.2 Å². The van der Waals surface area contributed by atoms with Gasteiger partial charge in [0, 0.05) is 34.5 Å². The minimum Gasteiger partial charge on any atom is -0.543 e. The zero-order chi connectivity index (χ0) is 51.4. The topological polar surface area (TPSA) is 260 Å². The van der Waals surface area contributed by atoms with E-state index in [2.05, 4.69) is 66.8 Å². The van der Waals surface area contributed by atoms with Gasteiger partial charge in [-0.15, -0.1) is 0 Å². The molecule has 2 aliphatic heterocycles. The van der Waals surface area contributed by atoms with Crippen LogP contribution < -0.4 is 25.9 Å². The molecule has 5 rings (SSSR count). The van der Waals surface area contributed by atoms with Crippen molar-refractivity contribution in [3.8, 4) is 17.1 Å². The van der Waals surface area contributed by atoms with E-state index in [4.69, 9.17) is 38.6 Å². The van der Waals surface area contributed by atoms with Gasteiger partial charge in [-0.2, -0.15) is 0 Å². The predicted molar refractivity (Wildman–Crippen MR) is 263 cm³/mol. The number of fused-ring (bicyclic) bond motifs is 5. The molecule has 0 bridgehead atoms. The monoisotopic (exact) mass is 990 g/mol. The van der Waals surface area contributed by atoms with Crippen LogP contribution in [0.5, 0.6) is 5.75 Å². The number of benzene rings is 1. The number of hydrogen-bond donors (Lipinski definition) is 3. The van der Waals surface area contributed by atoms with Crippen LogP contribution in [0.4, 0.5) is 4.79 Å². The van der Waals surface area contributed by atoms with Crippen LogP contribution in [0.3, 0.4) is 0 Å². The molecule has 1 aromatic carbocycles. The molecule has 20 nitrogen and oxygen atoms in total. The molecular formula is C49H70N8O12Si. The Morgan fingerprint density at radius 3 is 2.41 bits per heavy atom. The molecular weight excluding hydrogens is 921 g/mol. The molecule has 0 radical (unpaired) electrons. The highest BCUT2D eigenvalue weighted by molar-refractivity contribution is 6.74. The summed E-state index contributed by atoms with van der Waals surface area (Å²) in [5.41, 5.74) is 9.98. The van der Waals surface area contributed by atoms with Crippen molar-refractivity contribution in [3.05, 3.63) is 67.3 Å². The number of rotatable bonds is 25. The molecule has 382 valence electrons. The van der Waals surface area contributed by atoms with Gasteiger partial charge in [-0.05, 0) is 78.7 Å². The Kier molecular flexibility index (Phi) is 19.0. The quantitative estimate of drug-likeness (QED) is 0.0153. The second-order valence-electron chi connectivity index (χ2n) is 19.4. The Morgan fingerprint density at radius 1 is 1.00 bits per heavy atom. The molecule has 2 aromatic heterocycles. The van der Waals surface area contributed by atoms with Crippen LogP contribution in [-0.2, 0) is 68.0 Å². The largest absolute Gasteiger partial charge is 0.543 e. The third kappa shape index (κ3) is 13.0. The van der Waals surface area contributed by atoms with Gasteiger partial charge in [-0.1, -0.05) is 79.8 Å². The zero-order valence-electron chi connectivity index (χ0n) is 42.3. The van der Waals surface area contributed by atoms with E-state index in [1.54, 1.807) is 17.6 Å². The number of nitrogens with one attached hydrogen (secondary N) is 3. The number of carbonyl (C=O) groups excluding carboxylic acids is 5. The number of carbonyl (C=O) groups is 5. The van der Waals surface area contributed by atoms with Crippen molar-refractivity contribution < 1.29 is 52.1 Å². The number of unbranched alkanes of at least 4 members (excludes halogenated alkanes) is 2. The van der Waals surface area contributed by atoms with E-state index in [-0.39, 0.29) is 80.1 Å². The molecule has 3 unspecified atom stereocenters. The Labute approximate surface area is 410 Å². The summed E-state index contributed by atoms with van der Waals surface area (Å²) in [5, 5.41) is 12.5. The van der Waals surface area contributed by atoms with Crippen LogP contribution in [0.25, 0.3) is 32.7 Å². The number of amides is 3. The van der Waals surface area contributed by atoms with Crippen molar-refractivity contribution in [1.29, 1.82) is 0 Å². The van der Waals surface area contributed by atoms with E-state index in [0.29, 0.717) is 30.7 Å². The minimum atomic E-state index is -2.14. The van der Waals surface area contributed by atoms with Gasteiger partial charge in [0.25, 0.3) is 5.56 Å². The molecule has 3 aromatic rings. The third-order valence-electron chi connectivity index (χ3n) is 13.2. The van der Waals surface area contributed by atoms with Gasteiger partial charge in [-0.25, -0.2) is 14.6 Å². The lowest BCUT2D eigenvalue weighted by Crippen LogP contribution is -2.53. The Morgan fingerprint density at radius 2 is 1.74 bits per heavy atom. The lowest BCUT2D eigenvalue weighted by atomic mass is 9.85. The molecule has 3 amide bonds. The van der Waals surface area contributed by atoms with E-state index >= 15 is 0 Å². The third-order valence-corrected chi connectivity index (χ3v) is 17.6. The molecule has 4 heterocycles. The van der Waals surface area contributed by atoms with Gasteiger partial charge in [-0.3, -0.25) is 19.2 Å². The van der Waals surface area contributed by atoms with Crippen molar-refractivity contribution in [3.63, 3.8) is 0 Å². The van der Waals surface area contributed by atoms with Crippen molar-refractivity contribution >= 4 is 49.1 Å². The van der Waals surface area contributed by atoms with Crippen molar-refractivity contribution in [2.24, 2.45) is 11.0 Å². The normalized spacial score (nSPS) is 16.0. The number of ether oxygens (including phenoxy) is 5. The summed E-state index contributed by atoms with van der Waals surface area (Å²) in [6, 6.07) is 5.89. The first kappa shape index (κ1) is 54.9. The highest BCUT2D eigenvalue weighted by Crippen LogP contribution is 2.43. The number of esters is 1. The fourth-order valence-electron chi connectivity index (χ4n) is 8.13. The smallest absolute Gasteiger partial charge is 0.509 e. The Bertz CT molecular complexity index is 2520. The van der Waals surface area contributed by atoms with Crippen LogP contribution in [0.1, 0.15) is 110 Å². The number of cyclic esters (lactones) is 1. The van der Waals surface area contributed by atoms with Gasteiger partial charge < -0.3 is 48.6 Å². The fraction of sp³-hybridized carbons (Fsp3) is 0.612. The maximum absolute atomic E-state index is 14.4. The standard InChI is InChI=1S/C49H70N8O12Si/c1-11-14-15-16-38(53-42(59)29-65-28-41(58)51-19-21-64-22-20-52-56-50)44(60)55-39(30(4)5)27-67-47(63)68-49(13-3)36-24-40-43-34(25-57(40)45(61)35(36)26-66-46(49)62)32(12-2)33-23-31(17-18-37(33)54-43)69-70(9,10)48(6,7)8/h17-18,23-24,30,38-39H,11-16,19-22,25-29H2,1-10H3,(H,51,58)(H,53,59)(H,55,60). The maximum Gasteiger partial charge on any atom is 0.509 e. The van der Waals surface area contributed by atoms with Gasteiger partial charge in [0.2, 0.25) is 31.6 Å². The van der Waals surface area contributed by atoms with Crippen molar-refractivity contribution in [1.82, 2.24) is 25.5 Å². The van der Waals surface area contributed by atoms with Gasteiger partial charge in [0.1, 0.15) is 38.2 Å². The van der Waals surface area contributed by atoms with Crippen LogP contribution in [-0.4, -0.2) is 106 Å². The predicted octanol–water partition coefficient (Wildman–Crippen LogP) is 6.85. The molecule has 0 aliphatic carbocycles. The number of aryl methyl sites for hydroxylation is 1. The lowest BCUT2D eigenvalue weighted by Gasteiger charge is -2.36. The van der Waals surface area contributed by atoms with E-state index in [9.17, 15) is 28.8 Å². The van der Waals surface area contributed by atoms with Crippen LogP contribution in [0.2, 0.25) is 18.1 Å². The highest BCUT2D eigenvalue weighted by Gasteiger charge is 2.51. The molecule has 3 atom stereocenters. The number of pyridine rings is 2. The molecule has 0 saturated heterocycles. The van der Waals surface area contributed by atoms with Gasteiger partial charge >= 0.3 is 12.1 Å². The molecule has 2 aliphatic rings. The van der Waals surface area contributed by atoms with Crippen LogP contribution >= 0.6 is 0 Å². The summed E-state index contributed by atoms with van der Waals surface area (Å²) in [4.78, 5) is 88.3. The lowest BCUT2D eigenvalue weighted by molar-refractivity contribution is -0.175. The average molecular weight is 991 g/mol. The van der Waals surface area contributed by atoms with Gasteiger partial charge in [0.15, 0.2) is 0 Å². The summed E-state index contributed by atoms with van der Waals surface area (Å²) in [6.07, 6.45) is 1.98. The van der Waals surface area contributed by atoms with Crippen molar-refractivity contribution in [2.75, 3.05) is 46.1 Å². The summed E-state index contributed by atoms with van der Waals surface area (Å²) in [5.74, 6) is -1.95. The zero-order valence-corrected chi connectivity index (χ0v) is 43.3. The molecule has 21 heteroatoms. The van der Waals surface area contributed by atoms with E-state index in [1.807, 2.05) is 39.0 Å². The number of azide groups is 1. The molecule has 0 fully saturated rings. The highest BCUT2D eigenvalue weighted by atomic mass is 28.4. The summed E-state index contributed by atoms with van der Waals surface area (Å²) in [7, 11) is -2.14. The fourth-order valence-corrected chi connectivity index (χ4v) is 9.15. The van der Waals surface area contributed by atoms with Gasteiger partial charge in [0.05, 0.1) is 48.3 Å². The first-order chi connectivity index (χ1) is 33.2.